The molecule has 0 aliphatic rings. The Morgan fingerprint density at radius 2 is 1.52 bits per heavy atom. The fraction of sp³-hybridized carbons (Fsp3) is 0.680. The van der Waals surface area contributed by atoms with E-state index < -0.39 is 0 Å². The molecule has 0 amide bonds. The highest BCUT2D eigenvalue weighted by Gasteiger charge is 2.32. The second-order valence-corrected chi connectivity index (χ2v) is 11.1. The van der Waals surface area contributed by atoms with Gasteiger partial charge in [0.25, 0.3) is 0 Å². The van der Waals surface area contributed by atoms with Crippen molar-refractivity contribution < 1.29 is 23.5 Å². The average molecular weight is 453 g/mol. The Balaban J connectivity index is 2.62. The minimum atomic E-state index is -0.309. The van der Waals surface area contributed by atoms with Gasteiger partial charge in [-0.1, -0.05) is 45.9 Å². The van der Waals surface area contributed by atoms with E-state index in [4.69, 9.17) is 9.47 Å². The molecule has 1 aromatic carbocycles. The van der Waals surface area contributed by atoms with Crippen LogP contribution in [-0.2, 0) is 19.1 Å². The molecule has 0 heterocycles. The lowest BCUT2D eigenvalue weighted by Gasteiger charge is -2.26. The van der Waals surface area contributed by atoms with Crippen LogP contribution in [0.3, 0.4) is 0 Å². The van der Waals surface area contributed by atoms with Crippen LogP contribution in [0.1, 0.15) is 40.5 Å². The Labute approximate surface area is 193 Å². The molecule has 31 heavy (non-hydrogen) atoms. The van der Waals surface area contributed by atoms with Gasteiger partial charge in [-0.15, -0.1) is 11.8 Å². The van der Waals surface area contributed by atoms with Gasteiger partial charge < -0.3 is 14.0 Å². The number of quaternary nitrogens is 1. The topological polar surface area (TPSA) is 52.6 Å². The lowest BCUT2D eigenvalue weighted by Crippen LogP contribution is -2.38. The van der Waals surface area contributed by atoms with Gasteiger partial charge in [0.1, 0.15) is 19.8 Å². The average Bonchev–Trinajstić information content (AvgIpc) is 2.67. The van der Waals surface area contributed by atoms with Gasteiger partial charge in [0.05, 0.1) is 33.0 Å². The molecule has 0 bridgehead atoms. The molecule has 0 spiro atoms. The number of benzene rings is 1. The number of nitrogens with zero attached hydrogens (tertiary/aromatic N) is 1. The molecule has 1 rings (SSSR count). The van der Waals surface area contributed by atoms with E-state index in [9.17, 15) is 9.59 Å². The van der Waals surface area contributed by atoms with Crippen molar-refractivity contribution in [3.8, 4) is 0 Å². The van der Waals surface area contributed by atoms with Crippen molar-refractivity contribution in [3.63, 3.8) is 0 Å². The SMILES string of the molecule is CC(C)CC(CC(C(=O)OCCSc1ccccc1)C(C)C)C(=O)OCC[N+](C)(C)C. The van der Waals surface area contributed by atoms with Crippen molar-refractivity contribution in [2.24, 2.45) is 23.7 Å². The van der Waals surface area contributed by atoms with Crippen molar-refractivity contribution in [3.05, 3.63) is 30.3 Å². The van der Waals surface area contributed by atoms with E-state index in [1.807, 2.05) is 44.2 Å². The van der Waals surface area contributed by atoms with Gasteiger partial charge in [0.2, 0.25) is 0 Å². The molecule has 2 unspecified atom stereocenters. The van der Waals surface area contributed by atoms with E-state index in [0.29, 0.717) is 37.7 Å². The quantitative estimate of drug-likeness (QED) is 0.174. The first-order chi connectivity index (χ1) is 14.5. The number of esters is 2. The highest BCUT2D eigenvalue weighted by Crippen LogP contribution is 2.27. The third-order valence-electron chi connectivity index (χ3n) is 5.08. The fourth-order valence-corrected chi connectivity index (χ4v) is 4.02. The maximum absolute atomic E-state index is 12.8. The second kappa shape index (κ2) is 13.8. The molecule has 0 aromatic heterocycles. The normalized spacial score (nSPS) is 13.8. The molecule has 0 saturated carbocycles. The summed E-state index contributed by atoms with van der Waals surface area (Å²) >= 11 is 1.67. The summed E-state index contributed by atoms with van der Waals surface area (Å²) in [6.07, 6.45) is 1.19. The number of hydrogen-bond acceptors (Lipinski definition) is 5. The van der Waals surface area contributed by atoms with E-state index in [0.717, 1.165) is 15.9 Å². The lowest BCUT2D eigenvalue weighted by atomic mass is 9.83. The number of ether oxygens (including phenoxy) is 2. The molecule has 1 aromatic rings. The van der Waals surface area contributed by atoms with Gasteiger partial charge in [-0.3, -0.25) is 9.59 Å². The standard InChI is InChI=1S/C25H42NO4S/c1-19(2)17-21(24(27)29-14-13-26(5,6)7)18-23(20(3)4)25(28)30-15-16-31-22-11-9-8-10-12-22/h8-12,19-21,23H,13-18H2,1-7H3/q+1. The van der Waals surface area contributed by atoms with Gasteiger partial charge in [-0.25, -0.2) is 0 Å². The van der Waals surface area contributed by atoms with Crippen LogP contribution in [0.2, 0.25) is 0 Å². The monoisotopic (exact) mass is 452 g/mol. The van der Waals surface area contributed by atoms with Crippen molar-refractivity contribution >= 4 is 23.7 Å². The van der Waals surface area contributed by atoms with Crippen LogP contribution in [0, 0.1) is 23.7 Å². The van der Waals surface area contributed by atoms with E-state index in [2.05, 4.69) is 35.0 Å². The maximum atomic E-state index is 12.8. The molecule has 0 radical (unpaired) electrons. The first kappa shape index (κ1) is 27.5. The summed E-state index contributed by atoms with van der Waals surface area (Å²) < 4.78 is 11.9. The van der Waals surface area contributed by atoms with Crippen LogP contribution in [0.4, 0.5) is 0 Å². The summed E-state index contributed by atoms with van der Waals surface area (Å²) in [7, 11) is 6.21. The Hall–Kier alpha value is -1.53. The molecule has 0 aliphatic heterocycles. The highest BCUT2D eigenvalue weighted by molar-refractivity contribution is 7.99. The van der Waals surface area contributed by atoms with Crippen LogP contribution >= 0.6 is 11.8 Å². The summed E-state index contributed by atoms with van der Waals surface area (Å²) in [6.45, 7) is 9.73. The number of carbonyl (C=O) groups excluding carboxylic acids is 2. The van der Waals surface area contributed by atoms with Crippen molar-refractivity contribution in [2.75, 3.05) is 46.7 Å². The molecular weight excluding hydrogens is 410 g/mol. The number of rotatable bonds is 14. The number of carbonyl (C=O) groups is 2. The minimum Gasteiger partial charge on any atom is -0.465 e. The number of thioether (sulfide) groups is 1. The van der Waals surface area contributed by atoms with Crippen LogP contribution in [0.5, 0.6) is 0 Å². The van der Waals surface area contributed by atoms with Gasteiger partial charge in [0, 0.05) is 10.6 Å². The smallest absolute Gasteiger partial charge is 0.309 e. The van der Waals surface area contributed by atoms with E-state index >= 15 is 0 Å². The van der Waals surface area contributed by atoms with Crippen molar-refractivity contribution in [2.45, 2.75) is 45.4 Å². The molecule has 176 valence electrons. The highest BCUT2D eigenvalue weighted by atomic mass is 32.2. The summed E-state index contributed by atoms with van der Waals surface area (Å²) in [5.74, 6) is 0.160. The number of hydrogen-bond donors (Lipinski definition) is 0. The van der Waals surface area contributed by atoms with Crippen LogP contribution in [-0.4, -0.2) is 63.1 Å². The van der Waals surface area contributed by atoms with Crippen LogP contribution in [0.15, 0.2) is 35.2 Å². The zero-order valence-electron chi connectivity index (χ0n) is 20.4. The minimum absolute atomic E-state index is 0.1000. The molecule has 0 N–H and O–H groups in total. The Morgan fingerprint density at radius 1 is 0.903 bits per heavy atom. The van der Waals surface area contributed by atoms with Crippen molar-refractivity contribution in [1.29, 1.82) is 0 Å². The second-order valence-electron chi connectivity index (χ2n) is 9.92. The fourth-order valence-electron chi connectivity index (χ4n) is 3.27. The molecule has 5 nitrogen and oxygen atoms in total. The summed E-state index contributed by atoms with van der Waals surface area (Å²) in [5, 5.41) is 0. The zero-order chi connectivity index (χ0) is 23.4. The molecule has 0 saturated heterocycles. The first-order valence-electron chi connectivity index (χ1n) is 11.3. The Bertz CT molecular complexity index is 655. The predicted octanol–water partition coefficient (Wildman–Crippen LogP) is 4.90. The maximum Gasteiger partial charge on any atom is 0.309 e. The van der Waals surface area contributed by atoms with Gasteiger partial charge in [-0.2, -0.15) is 0 Å². The molecule has 6 heteroatoms. The summed E-state index contributed by atoms with van der Waals surface area (Å²) in [6, 6.07) is 10.1. The van der Waals surface area contributed by atoms with E-state index in [-0.39, 0.29) is 29.7 Å². The van der Waals surface area contributed by atoms with Gasteiger partial charge in [0.15, 0.2) is 0 Å². The zero-order valence-corrected chi connectivity index (χ0v) is 21.2. The summed E-state index contributed by atoms with van der Waals surface area (Å²) in [4.78, 5) is 26.7. The van der Waals surface area contributed by atoms with E-state index in [1.54, 1.807) is 11.8 Å². The van der Waals surface area contributed by atoms with Crippen LogP contribution < -0.4 is 0 Å². The molecule has 0 aliphatic carbocycles. The van der Waals surface area contributed by atoms with Gasteiger partial charge in [-0.05, 0) is 36.8 Å². The Kier molecular flexibility index (Phi) is 12.2. The first-order valence-corrected chi connectivity index (χ1v) is 12.3. The largest absolute Gasteiger partial charge is 0.465 e. The predicted molar refractivity (Wildman–Crippen MR) is 128 cm³/mol. The molecule has 2 atom stereocenters. The third-order valence-corrected chi connectivity index (χ3v) is 6.06. The van der Waals surface area contributed by atoms with Crippen LogP contribution in [0.25, 0.3) is 0 Å². The molecule has 0 fully saturated rings. The number of likely N-dealkylation sites (N-methyl/N-ethyl adjacent to an activating group) is 1. The summed E-state index contributed by atoms with van der Waals surface area (Å²) in [5.41, 5.74) is 0. The molecular formula is C25H42NO4S+. The van der Waals surface area contributed by atoms with E-state index in [1.165, 1.54) is 0 Å². The van der Waals surface area contributed by atoms with Crippen molar-refractivity contribution in [1.82, 2.24) is 0 Å². The lowest BCUT2D eigenvalue weighted by molar-refractivity contribution is -0.870. The Morgan fingerprint density at radius 3 is 2.06 bits per heavy atom. The third kappa shape index (κ3) is 12.2. The van der Waals surface area contributed by atoms with Gasteiger partial charge >= 0.3 is 11.9 Å².